The zero-order valence-corrected chi connectivity index (χ0v) is 12.6. The van der Waals surface area contributed by atoms with Gasteiger partial charge in [0.2, 0.25) is 10.0 Å². The number of carbonyl (C=O) groups is 1. The minimum Gasteiger partial charge on any atom is -0.322 e. The fraction of sp³-hybridized carbons (Fsp3) is 0.200. The molecule has 1 aromatic heterocycles. The van der Waals surface area contributed by atoms with Crippen LogP contribution < -0.4 is 9.62 Å². The van der Waals surface area contributed by atoms with Crippen LogP contribution in [0.3, 0.4) is 0 Å². The summed E-state index contributed by atoms with van der Waals surface area (Å²) in [5, 5.41) is 2.75. The second-order valence-corrected chi connectivity index (χ2v) is 7.00. The van der Waals surface area contributed by atoms with E-state index in [2.05, 4.69) is 10.3 Å². The van der Waals surface area contributed by atoms with Gasteiger partial charge in [0.25, 0.3) is 5.91 Å². The topological polar surface area (TPSA) is 79.4 Å². The molecule has 22 heavy (non-hydrogen) atoms. The van der Waals surface area contributed by atoms with Crippen molar-refractivity contribution in [2.45, 2.75) is 6.42 Å². The second kappa shape index (κ2) is 5.76. The van der Waals surface area contributed by atoms with Gasteiger partial charge in [-0.1, -0.05) is 6.07 Å². The van der Waals surface area contributed by atoms with Gasteiger partial charge in [-0.2, -0.15) is 0 Å². The molecule has 0 bridgehead atoms. The van der Waals surface area contributed by atoms with Crippen molar-refractivity contribution >= 4 is 27.3 Å². The Morgan fingerprint density at radius 2 is 2.09 bits per heavy atom. The third kappa shape index (κ3) is 2.94. The first-order valence-electron chi connectivity index (χ1n) is 6.88. The Bertz CT molecular complexity index is 791. The van der Waals surface area contributed by atoms with Gasteiger partial charge in [0.15, 0.2) is 0 Å². The van der Waals surface area contributed by atoms with E-state index in [-0.39, 0.29) is 11.7 Å². The van der Waals surface area contributed by atoms with Crippen molar-refractivity contribution in [1.82, 2.24) is 4.98 Å². The highest BCUT2D eigenvalue weighted by Crippen LogP contribution is 2.26. The fourth-order valence-electron chi connectivity index (χ4n) is 2.37. The minimum atomic E-state index is -3.23. The van der Waals surface area contributed by atoms with E-state index in [9.17, 15) is 13.2 Å². The summed E-state index contributed by atoms with van der Waals surface area (Å²) in [5.41, 5.74) is 1.57. The molecule has 1 fully saturated rings. The number of amides is 1. The summed E-state index contributed by atoms with van der Waals surface area (Å²) < 4.78 is 25.3. The predicted octanol–water partition coefficient (Wildman–Crippen LogP) is 1.87. The molecule has 3 rings (SSSR count). The number of hydrogen-bond donors (Lipinski definition) is 1. The third-order valence-corrected chi connectivity index (χ3v) is 5.28. The van der Waals surface area contributed by atoms with Crippen molar-refractivity contribution < 1.29 is 13.2 Å². The lowest BCUT2D eigenvalue weighted by molar-refractivity contribution is 0.102. The standard InChI is InChI=1S/C15H15N3O3S/c19-15(12-4-2-7-16-11-12)17-13-5-1-6-14(10-13)18-8-3-9-22(18,20)21/h1-2,4-7,10-11H,3,8-9H2,(H,17,19). The molecular formula is C15H15N3O3S. The molecule has 1 amide bonds. The average molecular weight is 317 g/mol. The van der Waals surface area contributed by atoms with Crippen molar-refractivity contribution in [3.05, 3.63) is 54.4 Å². The first-order valence-corrected chi connectivity index (χ1v) is 8.49. The normalized spacial score (nSPS) is 16.5. The van der Waals surface area contributed by atoms with E-state index in [1.54, 1.807) is 42.6 Å². The Balaban J connectivity index is 1.82. The Labute approximate surface area is 128 Å². The van der Waals surface area contributed by atoms with Crippen LogP contribution in [-0.4, -0.2) is 31.6 Å². The Hall–Kier alpha value is -2.41. The first kappa shape index (κ1) is 14.5. The van der Waals surface area contributed by atoms with E-state index < -0.39 is 10.0 Å². The summed E-state index contributed by atoms with van der Waals surface area (Å²) in [4.78, 5) is 16.0. The molecule has 2 heterocycles. The van der Waals surface area contributed by atoms with Gasteiger partial charge in [0, 0.05) is 24.6 Å². The molecule has 0 aliphatic carbocycles. The van der Waals surface area contributed by atoms with Gasteiger partial charge in [-0.15, -0.1) is 0 Å². The number of nitrogens with one attached hydrogen (secondary N) is 1. The molecular weight excluding hydrogens is 302 g/mol. The number of hydrogen-bond acceptors (Lipinski definition) is 4. The highest BCUT2D eigenvalue weighted by Gasteiger charge is 2.28. The highest BCUT2D eigenvalue weighted by molar-refractivity contribution is 7.93. The molecule has 6 nitrogen and oxygen atoms in total. The van der Waals surface area contributed by atoms with Crippen LogP contribution in [0.2, 0.25) is 0 Å². The summed E-state index contributed by atoms with van der Waals surface area (Å²) in [7, 11) is -3.23. The largest absolute Gasteiger partial charge is 0.322 e. The van der Waals surface area contributed by atoms with Crippen LogP contribution in [0.5, 0.6) is 0 Å². The predicted molar refractivity (Wildman–Crippen MR) is 84.4 cm³/mol. The van der Waals surface area contributed by atoms with Gasteiger partial charge in [-0.25, -0.2) is 8.42 Å². The zero-order valence-electron chi connectivity index (χ0n) is 11.8. The van der Waals surface area contributed by atoms with Crippen molar-refractivity contribution in [2.75, 3.05) is 21.9 Å². The van der Waals surface area contributed by atoms with Crippen molar-refractivity contribution in [2.24, 2.45) is 0 Å². The number of pyridine rings is 1. The quantitative estimate of drug-likeness (QED) is 0.937. The second-order valence-electron chi connectivity index (χ2n) is 4.99. The molecule has 1 saturated heterocycles. The maximum atomic E-state index is 12.1. The maximum Gasteiger partial charge on any atom is 0.257 e. The number of benzene rings is 1. The molecule has 0 saturated carbocycles. The lowest BCUT2D eigenvalue weighted by Gasteiger charge is -2.17. The Morgan fingerprint density at radius 3 is 2.77 bits per heavy atom. The SMILES string of the molecule is O=C(Nc1cccc(N2CCCS2(=O)=O)c1)c1cccnc1. The number of anilines is 2. The molecule has 1 aromatic carbocycles. The molecule has 0 atom stereocenters. The smallest absolute Gasteiger partial charge is 0.257 e. The van der Waals surface area contributed by atoms with Crippen LogP contribution in [0.4, 0.5) is 11.4 Å². The molecule has 0 spiro atoms. The fourth-order valence-corrected chi connectivity index (χ4v) is 3.92. The maximum absolute atomic E-state index is 12.1. The molecule has 7 heteroatoms. The van der Waals surface area contributed by atoms with Crippen LogP contribution in [0.25, 0.3) is 0 Å². The molecule has 114 valence electrons. The van der Waals surface area contributed by atoms with E-state index >= 15 is 0 Å². The summed E-state index contributed by atoms with van der Waals surface area (Å²) in [6.45, 7) is 0.475. The van der Waals surface area contributed by atoms with Crippen molar-refractivity contribution in [1.29, 1.82) is 0 Å². The summed E-state index contributed by atoms with van der Waals surface area (Å²) in [6.07, 6.45) is 3.69. The Morgan fingerprint density at radius 1 is 1.23 bits per heavy atom. The number of carbonyl (C=O) groups excluding carboxylic acids is 1. The summed E-state index contributed by atoms with van der Waals surface area (Å²) in [6, 6.07) is 10.2. The van der Waals surface area contributed by atoms with Crippen LogP contribution in [0.1, 0.15) is 16.8 Å². The summed E-state index contributed by atoms with van der Waals surface area (Å²) in [5.74, 6) is -0.117. The van der Waals surface area contributed by atoms with Gasteiger partial charge in [-0.05, 0) is 36.8 Å². The van der Waals surface area contributed by atoms with Gasteiger partial charge in [0.1, 0.15) is 0 Å². The van der Waals surface area contributed by atoms with Crippen molar-refractivity contribution in [3.63, 3.8) is 0 Å². The lowest BCUT2D eigenvalue weighted by Crippen LogP contribution is -2.25. The monoisotopic (exact) mass is 317 g/mol. The number of aromatic nitrogens is 1. The molecule has 1 aliphatic heterocycles. The van der Waals surface area contributed by atoms with Crippen LogP contribution >= 0.6 is 0 Å². The van der Waals surface area contributed by atoms with E-state index in [0.717, 1.165) is 0 Å². The average Bonchev–Trinajstić information content (AvgIpc) is 2.88. The molecule has 1 N–H and O–H groups in total. The van der Waals surface area contributed by atoms with E-state index in [1.807, 2.05) is 0 Å². The highest BCUT2D eigenvalue weighted by atomic mass is 32.2. The van der Waals surface area contributed by atoms with Gasteiger partial charge in [-0.3, -0.25) is 14.1 Å². The van der Waals surface area contributed by atoms with Crippen LogP contribution in [-0.2, 0) is 10.0 Å². The number of sulfonamides is 1. The van der Waals surface area contributed by atoms with E-state index in [1.165, 1.54) is 10.5 Å². The zero-order chi connectivity index (χ0) is 15.6. The van der Waals surface area contributed by atoms with Crippen LogP contribution in [0.15, 0.2) is 48.8 Å². The Kier molecular flexibility index (Phi) is 3.81. The minimum absolute atomic E-state index is 0.166. The molecule has 1 aliphatic rings. The molecule has 2 aromatic rings. The third-order valence-electron chi connectivity index (χ3n) is 3.42. The molecule has 0 unspecified atom stereocenters. The lowest BCUT2D eigenvalue weighted by atomic mass is 10.2. The van der Waals surface area contributed by atoms with Crippen LogP contribution in [0, 0.1) is 0 Å². The number of nitrogens with zero attached hydrogens (tertiary/aromatic N) is 2. The van der Waals surface area contributed by atoms with E-state index in [0.29, 0.717) is 29.9 Å². The van der Waals surface area contributed by atoms with Gasteiger partial charge < -0.3 is 5.32 Å². The van der Waals surface area contributed by atoms with Crippen molar-refractivity contribution in [3.8, 4) is 0 Å². The van der Waals surface area contributed by atoms with E-state index in [4.69, 9.17) is 0 Å². The van der Waals surface area contributed by atoms with Gasteiger partial charge in [0.05, 0.1) is 17.0 Å². The van der Waals surface area contributed by atoms with Gasteiger partial charge >= 0.3 is 0 Å². The molecule has 0 radical (unpaired) electrons. The first-order chi connectivity index (χ1) is 10.6. The number of rotatable bonds is 3. The summed E-state index contributed by atoms with van der Waals surface area (Å²) >= 11 is 0.